The average Bonchev–Trinajstić information content (AvgIpc) is 2.33. The van der Waals surface area contributed by atoms with Crippen LogP contribution >= 0.6 is 9.24 Å². The summed E-state index contributed by atoms with van der Waals surface area (Å²) in [6.45, 7) is 0.353. The fourth-order valence-electron chi connectivity index (χ4n) is 1.30. The molecule has 1 atom stereocenters. The quantitative estimate of drug-likeness (QED) is 0.797. The summed E-state index contributed by atoms with van der Waals surface area (Å²) in [4.78, 5) is 8.29. The lowest BCUT2D eigenvalue weighted by atomic mass is 10.1. The van der Waals surface area contributed by atoms with Crippen molar-refractivity contribution in [3.05, 3.63) is 42.1 Å². The molecule has 82 valence electrons. The van der Waals surface area contributed by atoms with Crippen LogP contribution in [0.4, 0.5) is 4.39 Å². The molecule has 0 bridgehead atoms. The maximum atomic E-state index is 13.3. The van der Waals surface area contributed by atoms with Crippen LogP contribution in [0.3, 0.4) is 0 Å². The molecule has 2 rings (SSSR count). The van der Waals surface area contributed by atoms with Gasteiger partial charge in [-0.05, 0) is 6.07 Å². The predicted molar refractivity (Wildman–Crippen MR) is 64.7 cm³/mol. The van der Waals surface area contributed by atoms with Crippen LogP contribution in [0, 0.1) is 5.82 Å². The highest BCUT2D eigenvalue weighted by atomic mass is 31.0. The van der Waals surface area contributed by atoms with Gasteiger partial charge in [0.05, 0.1) is 23.8 Å². The first-order chi connectivity index (χ1) is 7.70. The molecule has 2 aromatic rings. The largest absolute Gasteiger partial charge is 0.325 e. The molecule has 0 aliphatic carbocycles. The van der Waals surface area contributed by atoms with Gasteiger partial charge in [-0.15, -0.1) is 9.24 Å². The number of nitrogens with two attached hydrogens (primary N) is 1. The SMILES string of the molecule is NCc1cnc(-c2ccc(P)c(F)c2)cn1. The van der Waals surface area contributed by atoms with Crippen molar-refractivity contribution in [1.29, 1.82) is 0 Å². The smallest absolute Gasteiger partial charge is 0.131 e. The van der Waals surface area contributed by atoms with Gasteiger partial charge in [0.15, 0.2) is 0 Å². The van der Waals surface area contributed by atoms with E-state index in [0.717, 1.165) is 0 Å². The summed E-state index contributed by atoms with van der Waals surface area (Å²) < 4.78 is 13.3. The molecule has 1 heterocycles. The maximum absolute atomic E-state index is 13.3. The number of halogens is 1. The number of hydrogen-bond donors (Lipinski definition) is 1. The van der Waals surface area contributed by atoms with Crippen molar-refractivity contribution in [2.24, 2.45) is 5.73 Å². The second-order valence-corrected chi connectivity index (χ2v) is 3.96. The highest BCUT2D eigenvalue weighted by molar-refractivity contribution is 7.27. The minimum atomic E-state index is -0.271. The van der Waals surface area contributed by atoms with E-state index in [9.17, 15) is 4.39 Å². The highest BCUT2D eigenvalue weighted by Gasteiger charge is 2.03. The van der Waals surface area contributed by atoms with E-state index in [4.69, 9.17) is 5.73 Å². The van der Waals surface area contributed by atoms with Crippen LogP contribution < -0.4 is 11.0 Å². The number of hydrogen-bond acceptors (Lipinski definition) is 3. The Bertz CT molecular complexity index is 499. The molecule has 0 fully saturated rings. The lowest BCUT2D eigenvalue weighted by molar-refractivity contribution is 0.637. The molecular weight excluding hydrogens is 224 g/mol. The second kappa shape index (κ2) is 4.64. The zero-order valence-corrected chi connectivity index (χ0v) is 9.68. The first kappa shape index (κ1) is 11.1. The van der Waals surface area contributed by atoms with Crippen molar-refractivity contribution in [2.75, 3.05) is 0 Å². The van der Waals surface area contributed by atoms with Crippen LogP contribution in [0.2, 0.25) is 0 Å². The first-order valence-corrected chi connectivity index (χ1v) is 5.35. The molecule has 5 heteroatoms. The summed E-state index contributed by atoms with van der Waals surface area (Å²) in [5.41, 5.74) is 7.48. The average molecular weight is 235 g/mol. The van der Waals surface area contributed by atoms with E-state index in [-0.39, 0.29) is 5.82 Å². The van der Waals surface area contributed by atoms with Crippen LogP contribution in [0.1, 0.15) is 5.69 Å². The van der Waals surface area contributed by atoms with Crippen LogP contribution in [-0.4, -0.2) is 9.97 Å². The number of aromatic nitrogens is 2. The van der Waals surface area contributed by atoms with Crippen LogP contribution in [-0.2, 0) is 6.54 Å². The van der Waals surface area contributed by atoms with Crippen LogP contribution in [0.5, 0.6) is 0 Å². The summed E-state index contributed by atoms with van der Waals surface area (Å²) in [5.74, 6) is -0.271. The van der Waals surface area contributed by atoms with Gasteiger partial charge in [-0.3, -0.25) is 9.97 Å². The van der Waals surface area contributed by atoms with Gasteiger partial charge >= 0.3 is 0 Å². The molecule has 0 aliphatic heterocycles. The monoisotopic (exact) mass is 235 g/mol. The van der Waals surface area contributed by atoms with Crippen molar-refractivity contribution in [3.63, 3.8) is 0 Å². The lowest BCUT2D eigenvalue weighted by Gasteiger charge is -2.03. The molecule has 1 unspecified atom stereocenters. The minimum absolute atomic E-state index is 0.271. The molecule has 2 N–H and O–H groups in total. The van der Waals surface area contributed by atoms with E-state index in [1.807, 2.05) is 0 Å². The molecule has 3 nitrogen and oxygen atoms in total. The molecule has 16 heavy (non-hydrogen) atoms. The van der Waals surface area contributed by atoms with E-state index < -0.39 is 0 Å². The van der Waals surface area contributed by atoms with Gasteiger partial charge in [-0.1, -0.05) is 12.1 Å². The normalized spacial score (nSPS) is 10.4. The fourth-order valence-corrected chi connectivity index (χ4v) is 1.48. The second-order valence-electron chi connectivity index (χ2n) is 3.33. The Hall–Kier alpha value is -1.38. The van der Waals surface area contributed by atoms with E-state index in [1.54, 1.807) is 24.5 Å². The van der Waals surface area contributed by atoms with E-state index >= 15 is 0 Å². The Kier molecular flexibility index (Phi) is 3.22. The maximum Gasteiger partial charge on any atom is 0.131 e. The van der Waals surface area contributed by atoms with Gasteiger partial charge < -0.3 is 5.73 Å². The Morgan fingerprint density at radius 2 is 2.06 bits per heavy atom. The van der Waals surface area contributed by atoms with E-state index in [0.29, 0.717) is 28.8 Å². The highest BCUT2D eigenvalue weighted by Crippen LogP contribution is 2.16. The summed E-state index contributed by atoms with van der Waals surface area (Å²) >= 11 is 0. The fraction of sp³-hybridized carbons (Fsp3) is 0.0909. The Labute approximate surface area is 95.1 Å². The Morgan fingerprint density at radius 1 is 1.25 bits per heavy atom. The van der Waals surface area contributed by atoms with Gasteiger partial charge in [-0.2, -0.15) is 0 Å². The van der Waals surface area contributed by atoms with Crippen molar-refractivity contribution >= 4 is 14.5 Å². The first-order valence-electron chi connectivity index (χ1n) is 4.77. The summed E-state index contributed by atoms with van der Waals surface area (Å²) in [6.07, 6.45) is 3.20. The third kappa shape index (κ3) is 2.23. The molecule has 0 saturated heterocycles. The molecule has 1 aromatic heterocycles. The topological polar surface area (TPSA) is 51.8 Å². The predicted octanol–water partition coefficient (Wildman–Crippen LogP) is 1.24. The van der Waals surface area contributed by atoms with E-state index in [1.165, 1.54) is 6.07 Å². The zero-order valence-electron chi connectivity index (χ0n) is 8.52. The standard InChI is InChI=1S/C11H11FN3P/c12-9-3-7(1-2-11(9)16)10-6-14-8(4-13)5-15-10/h1-3,5-6H,4,13,16H2. The van der Waals surface area contributed by atoms with Gasteiger partial charge in [0.1, 0.15) is 5.82 Å². The van der Waals surface area contributed by atoms with Crippen molar-refractivity contribution in [3.8, 4) is 11.3 Å². The van der Waals surface area contributed by atoms with Gasteiger partial charge in [0, 0.05) is 17.4 Å². The van der Waals surface area contributed by atoms with Crippen molar-refractivity contribution in [1.82, 2.24) is 9.97 Å². The molecule has 0 spiro atoms. The Morgan fingerprint density at radius 3 is 2.62 bits per heavy atom. The van der Waals surface area contributed by atoms with Crippen LogP contribution in [0.25, 0.3) is 11.3 Å². The van der Waals surface area contributed by atoms with Gasteiger partial charge in [0.25, 0.3) is 0 Å². The molecule has 0 radical (unpaired) electrons. The third-order valence-corrected chi connectivity index (χ3v) is 2.68. The zero-order chi connectivity index (χ0) is 11.5. The van der Waals surface area contributed by atoms with Crippen molar-refractivity contribution < 1.29 is 4.39 Å². The number of rotatable bonds is 2. The molecule has 0 saturated carbocycles. The lowest BCUT2D eigenvalue weighted by Crippen LogP contribution is -2.01. The third-order valence-electron chi connectivity index (χ3n) is 2.21. The summed E-state index contributed by atoms with van der Waals surface area (Å²) in [7, 11) is 2.33. The molecule has 0 amide bonds. The molecule has 0 aliphatic rings. The minimum Gasteiger partial charge on any atom is -0.325 e. The molecular formula is C11H11FN3P. The molecule has 1 aromatic carbocycles. The number of benzene rings is 1. The summed E-state index contributed by atoms with van der Waals surface area (Å²) in [5, 5.41) is 0.537. The van der Waals surface area contributed by atoms with Gasteiger partial charge in [-0.25, -0.2) is 4.39 Å². The van der Waals surface area contributed by atoms with Gasteiger partial charge in [0.2, 0.25) is 0 Å². The Balaban J connectivity index is 2.38. The van der Waals surface area contributed by atoms with Crippen molar-refractivity contribution in [2.45, 2.75) is 6.54 Å². The number of nitrogens with zero attached hydrogens (tertiary/aromatic N) is 2. The van der Waals surface area contributed by atoms with E-state index in [2.05, 4.69) is 19.2 Å². The van der Waals surface area contributed by atoms with Crippen LogP contribution in [0.15, 0.2) is 30.6 Å². The summed E-state index contributed by atoms with van der Waals surface area (Å²) in [6, 6.07) is 4.93.